The van der Waals surface area contributed by atoms with Gasteiger partial charge in [-0.25, -0.2) is 4.98 Å². The number of aryl methyl sites for hydroxylation is 2. The highest BCUT2D eigenvalue weighted by Gasteiger charge is 2.33. The average Bonchev–Trinajstić information content (AvgIpc) is 3.46. The Balaban J connectivity index is 1.68. The number of rotatable bonds is 11. The van der Waals surface area contributed by atoms with Crippen LogP contribution in [0.5, 0.6) is 5.75 Å². The van der Waals surface area contributed by atoms with Crippen molar-refractivity contribution < 1.29 is 19.4 Å². The first-order chi connectivity index (χ1) is 18.3. The second-order valence-electron chi connectivity index (χ2n) is 10.3. The number of unbranched alkanes of at least 4 members (excludes halogenated alkanes) is 2. The molecule has 0 saturated carbocycles. The highest BCUT2D eigenvalue weighted by Crippen LogP contribution is 2.41. The number of carboxylic acids is 1. The van der Waals surface area contributed by atoms with Crippen LogP contribution in [0, 0.1) is 19.8 Å². The van der Waals surface area contributed by atoms with E-state index in [1.54, 1.807) is 7.11 Å². The zero-order chi connectivity index (χ0) is 27.4. The van der Waals surface area contributed by atoms with Gasteiger partial charge in [0.05, 0.1) is 13.0 Å². The number of nitrogens with one attached hydrogen (secondary N) is 1. The fourth-order valence-corrected chi connectivity index (χ4v) is 5.69. The summed E-state index contributed by atoms with van der Waals surface area (Å²) in [6, 6.07) is 11.8. The molecule has 0 aliphatic heterocycles. The van der Waals surface area contributed by atoms with E-state index in [4.69, 9.17) is 9.72 Å². The van der Waals surface area contributed by atoms with Crippen LogP contribution >= 0.6 is 0 Å². The van der Waals surface area contributed by atoms with E-state index in [9.17, 15) is 14.7 Å². The number of nitrogens with zero attached hydrogens (tertiary/aromatic N) is 2. The third-order valence-corrected chi connectivity index (χ3v) is 7.87. The van der Waals surface area contributed by atoms with E-state index in [2.05, 4.69) is 28.9 Å². The standard InChI is InChI=1S/C31H39N3O4/c1-6-8-9-16-34-20(4)28(30(35)32-27-15-12-23(38-5)17-19(27)3)33-29(34)22-11-13-25-21(18-22)10-14-26(25)24(7-2)31(36)37/h11-13,15,17-18,24,26H,6-10,14,16H2,1-5H3,(H,32,35)(H,36,37). The molecular weight excluding hydrogens is 478 g/mol. The van der Waals surface area contributed by atoms with Crippen LogP contribution in [0.1, 0.15) is 84.7 Å². The lowest BCUT2D eigenvalue weighted by Gasteiger charge is -2.19. The van der Waals surface area contributed by atoms with Crippen molar-refractivity contribution in [1.82, 2.24) is 9.55 Å². The molecule has 7 heteroatoms. The van der Waals surface area contributed by atoms with E-state index in [1.165, 1.54) is 5.56 Å². The summed E-state index contributed by atoms with van der Waals surface area (Å²) >= 11 is 0. The minimum atomic E-state index is -0.723. The maximum absolute atomic E-state index is 13.4. The summed E-state index contributed by atoms with van der Waals surface area (Å²) in [6.45, 7) is 8.80. The van der Waals surface area contributed by atoms with Crippen LogP contribution in [0.25, 0.3) is 11.4 Å². The van der Waals surface area contributed by atoms with Crippen molar-refractivity contribution in [1.29, 1.82) is 0 Å². The third kappa shape index (κ3) is 5.47. The van der Waals surface area contributed by atoms with Gasteiger partial charge < -0.3 is 19.7 Å². The number of fused-ring (bicyclic) bond motifs is 1. The van der Waals surface area contributed by atoms with Crippen LogP contribution in [0.15, 0.2) is 36.4 Å². The van der Waals surface area contributed by atoms with E-state index < -0.39 is 5.97 Å². The lowest BCUT2D eigenvalue weighted by Crippen LogP contribution is -2.19. The van der Waals surface area contributed by atoms with Crippen LogP contribution in [0.2, 0.25) is 0 Å². The fourth-order valence-electron chi connectivity index (χ4n) is 5.69. The van der Waals surface area contributed by atoms with Gasteiger partial charge in [-0.2, -0.15) is 0 Å². The van der Waals surface area contributed by atoms with Crippen LogP contribution in [0.4, 0.5) is 5.69 Å². The van der Waals surface area contributed by atoms with Gasteiger partial charge in [-0.3, -0.25) is 9.59 Å². The molecule has 1 amide bonds. The largest absolute Gasteiger partial charge is 0.497 e. The van der Waals surface area contributed by atoms with Gasteiger partial charge in [0, 0.05) is 23.5 Å². The second kappa shape index (κ2) is 11.8. The summed E-state index contributed by atoms with van der Waals surface area (Å²) < 4.78 is 7.44. The molecule has 1 aliphatic carbocycles. The summed E-state index contributed by atoms with van der Waals surface area (Å²) in [6.07, 6.45) is 5.54. The highest BCUT2D eigenvalue weighted by atomic mass is 16.5. The molecule has 7 nitrogen and oxygen atoms in total. The lowest BCUT2D eigenvalue weighted by atomic mass is 9.85. The highest BCUT2D eigenvalue weighted by molar-refractivity contribution is 6.04. The van der Waals surface area contributed by atoms with Gasteiger partial charge in [0.1, 0.15) is 17.3 Å². The first-order valence-electron chi connectivity index (χ1n) is 13.7. The van der Waals surface area contributed by atoms with Crippen LogP contribution in [-0.4, -0.2) is 33.6 Å². The number of aromatic nitrogens is 2. The molecule has 0 spiro atoms. The third-order valence-electron chi connectivity index (χ3n) is 7.87. The number of methoxy groups -OCH3 is 1. The minimum Gasteiger partial charge on any atom is -0.497 e. The van der Waals surface area contributed by atoms with Crippen molar-refractivity contribution in [3.8, 4) is 17.1 Å². The molecule has 2 aromatic carbocycles. The van der Waals surface area contributed by atoms with Gasteiger partial charge in [-0.05, 0) is 86.4 Å². The van der Waals surface area contributed by atoms with Gasteiger partial charge >= 0.3 is 5.97 Å². The Morgan fingerprint density at radius 1 is 1.16 bits per heavy atom. The van der Waals surface area contributed by atoms with E-state index in [1.807, 2.05) is 45.0 Å². The number of anilines is 1. The normalized spacial score (nSPS) is 15.2. The predicted molar refractivity (Wildman–Crippen MR) is 150 cm³/mol. The van der Waals surface area contributed by atoms with Crippen LogP contribution in [-0.2, 0) is 17.8 Å². The molecule has 1 aliphatic rings. The number of carbonyl (C=O) groups excluding carboxylic acids is 1. The quantitative estimate of drug-likeness (QED) is 0.274. The van der Waals surface area contributed by atoms with E-state index >= 15 is 0 Å². The molecule has 2 N–H and O–H groups in total. The molecular formula is C31H39N3O4. The second-order valence-corrected chi connectivity index (χ2v) is 10.3. The summed E-state index contributed by atoms with van der Waals surface area (Å²) in [5.41, 5.74) is 6.19. The van der Waals surface area contributed by atoms with Crippen molar-refractivity contribution in [3.05, 3.63) is 64.5 Å². The Morgan fingerprint density at radius 3 is 2.61 bits per heavy atom. The molecule has 1 aromatic heterocycles. The van der Waals surface area contributed by atoms with Gasteiger partial charge in [-0.1, -0.05) is 38.8 Å². The molecule has 38 heavy (non-hydrogen) atoms. The summed E-state index contributed by atoms with van der Waals surface area (Å²) in [4.78, 5) is 30.1. The van der Waals surface area contributed by atoms with E-state index in [0.717, 1.165) is 78.3 Å². The molecule has 4 rings (SSSR count). The minimum absolute atomic E-state index is 0.0432. The Labute approximate surface area is 225 Å². The van der Waals surface area contributed by atoms with E-state index in [0.29, 0.717) is 12.1 Å². The van der Waals surface area contributed by atoms with Gasteiger partial charge in [0.25, 0.3) is 5.91 Å². The Bertz CT molecular complexity index is 1330. The number of hydrogen-bond donors (Lipinski definition) is 2. The SMILES string of the molecule is CCCCCn1c(-c2ccc3c(c2)CCC3C(CC)C(=O)O)nc(C(=O)Nc2ccc(OC)cc2C)c1C. The monoisotopic (exact) mass is 517 g/mol. The number of aliphatic carboxylic acids is 1. The number of benzene rings is 2. The Morgan fingerprint density at radius 2 is 1.95 bits per heavy atom. The van der Waals surface area contributed by atoms with Crippen molar-refractivity contribution in [3.63, 3.8) is 0 Å². The Hall–Kier alpha value is -3.61. The maximum Gasteiger partial charge on any atom is 0.307 e. The molecule has 3 aromatic rings. The smallest absolute Gasteiger partial charge is 0.307 e. The maximum atomic E-state index is 13.4. The van der Waals surface area contributed by atoms with Gasteiger partial charge in [-0.15, -0.1) is 0 Å². The molecule has 0 saturated heterocycles. The summed E-state index contributed by atoms with van der Waals surface area (Å²) in [5.74, 6) is 0.246. The molecule has 2 atom stereocenters. The fraction of sp³-hybridized carbons (Fsp3) is 0.452. The number of carbonyl (C=O) groups is 2. The average molecular weight is 518 g/mol. The molecule has 0 radical (unpaired) electrons. The zero-order valence-electron chi connectivity index (χ0n) is 23.1. The van der Waals surface area contributed by atoms with Crippen LogP contribution < -0.4 is 10.1 Å². The molecule has 202 valence electrons. The Kier molecular flexibility index (Phi) is 8.55. The van der Waals surface area contributed by atoms with Crippen molar-refractivity contribution in [2.45, 2.75) is 78.7 Å². The van der Waals surface area contributed by atoms with Crippen molar-refractivity contribution >= 4 is 17.6 Å². The molecule has 0 fully saturated rings. The number of imidazole rings is 1. The van der Waals surface area contributed by atoms with Crippen molar-refractivity contribution in [2.75, 3.05) is 12.4 Å². The number of ether oxygens (including phenoxy) is 1. The molecule has 0 bridgehead atoms. The van der Waals surface area contributed by atoms with Gasteiger partial charge in [0.15, 0.2) is 0 Å². The lowest BCUT2D eigenvalue weighted by molar-refractivity contribution is -0.142. The number of hydrogen-bond acceptors (Lipinski definition) is 4. The first-order valence-corrected chi connectivity index (χ1v) is 13.7. The summed E-state index contributed by atoms with van der Waals surface area (Å²) in [5, 5.41) is 12.7. The molecule has 2 unspecified atom stereocenters. The number of carboxylic acid groups (broad SMARTS) is 1. The number of amides is 1. The first kappa shape index (κ1) is 27.4. The van der Waals surface area contributed by atoms with Gasteiger partial charge in [0.2, 0.25) is 0 Å². The van der Waals surface area contributed by atoms with Crippen molar-refractivity contribution in [2.24, 2.45) is 5.92 Å². The predicted octanol–water partition coefficient (Wildman–Crippen LogP) is 6.76. The van der Waals surface area contributed by atoms with Crippen LogP contribution in [0.3, 0.4) is 0 Å². The summed E-state index contributed by atoms with van der Waals surface area (Å²) in [7, 11) is 1.62. The zero-order valence-corrected chi connectivity index (χ0v) is 23.1. The van der Waals surface area contributed by atoms with E-state index in [-0.39, 0.29) is 17.7 Å². The molecule has 1 heterocycles. The topological polar surface area (TPSA) is 93.5 Å².